The van der Waals surface area contributed by atoms with Gasteiger partial charge in [-0.25, -0.2) is 9.78 Å². The topological polar surface area (TPSA) is 92.1 Å². The van der Waals surface area contributed by atoms with Crippen molar-refractivity contribution in [3.63, 3.8) is 0 Å². The van der Waals surface area contributed by atoms with Gasteiger partial charge in [-0.15, -0.1) is 5.06 Å². The third-order valence-electron chi connectivity index (χ3n) is 4.17. The number of hydroxylamine groups is 2. The lowest BCUT2D eigenvalue weighted by Gasteiger charge is -2.33. The standard InChI is InChI=1S/C18H20N2O5/c21-16-11-20(25-18(22)23)9-8-15(16)14-6-7-17(19-10-14)24-12-13-4-2-1-3-5-13/h1-7,10,15-16,21H,8-9,11-12H2,(H,22,23). The third kappa shape index (κ3) is 4.68. The van der Waals surface area contributed by atoms with E-state index in [9.17, 15) is 9.90 Å². The van der Waals surface area contributed by atoms with Gasteiger partial charge < -0.3 is 19.8 Å². The molecule has 132 valence electrons. The number of ether oxygens (including phenoxy) is 1. The number of piperidine rings is 1. The van der Waals surface area contributed by atoms with E-state index in [1.165, 1.54) is 5.06 Å². The maximum absolute atomic E-state index is 10.6. The molecule has 7 nitrogen and oxygen atoms in total. The number of hydrogen-bond acceptors (Lipinski definition) is 6. The zero-order valence-corrected chi connectivity index (χ0v) is 13.6. The number of rotatable bonds is 5. The Morgan fingerprint density at radius 2 is 2.04 bits per heavy atom. The fraction of sp³-hybridized carbons (Fsp3) is 0.333. The first kappa shape index (κ1) is 17.2. The molecule has 0 spiro atoms. The largest absolute Gasteiger partial charge is 0.525 e. The molecule has 0 radical (unpaired) electrons. The Balaban J connectivity index is 1.56. The lowest BCUT2D eigenvalue weighted by molar-refractivity contribution is -0.154. The molecule has 2 aromatic rings. The van der Waals surface area contributed by atoms with E-state index in [4.69, 9.17) is 9.84 Å². The minimum atomic E-state index is -1.37. The summed E-state index contributed by atoms with van der Waals surface area (Å²) in [7, 11) is 0. The van der Waals surface area contributed by atoms with E-state index in [1.807, 2.05) is 36.4 Å². The lowest BCUT2D eigenvalue weighted by Crippen LogP contribution is -2.43. The monoisotopic (exact) mass is 344 g/mol. The second kappa shape index (κ2) is 7.96. The maximum atomic E-state index is 10.6. The summed E-state index contributed by atoms with van der Waals surface area (Å²) < 4.78 is 5.65. The summed E-state index contributed by atoms with van der Waals surface area (Å²) >= 11 is 0. The van der Waals surface area contributed by atoms with Crippen molar-refractivity contribution in [3.8, 4) is 5.88 Å². The van der Waals surface area contributed by atoms with Gasteiger partial charge in [0, 0.05) is 24.7 Å². The molecule has 2 unspecified atom stereocenters. The van der Waals surface area contributed by atoms with E-state index in [2.05, 4.69) is 9.82 Å². The van der Waals surface area contributed by atoms with Crippen molar-refractivity contribution in [1.29, 1.82) is 0 Å². The Morgan fingerprint density at radius 3 is 2.68 bits per heavy atom. The molecule has 1 aromatic carbocycles. The van der Waals surface area contributed by atoms with Gasteiger partial charge in [0.2, 0.25) is 5.88 Å². The van der Waals surface area contributed by atoms with Gasteiger partial charge >= 0.3 is 6.16 Å². The predicted molar refractivity (Wildman–Crippen MR) is 89.1 cm³/mol. The van der Waals surface area contributed by atoms with Crippen molar-refractivity contribution in [2.24, 2.45) is 0 Å². The Hall–Kier alpha value is -2.64. The smallest absolute Gasteiger partial charge is 0.473 e. The summed E-state index contributed by atoms with van der Waals surface area (Å²) in [6.45, 7) is 1.02. The van der Waals surface area contributed by atoms with Crippen LogP contribution in [0.3, 0.4) is 0 Å². The van der Waals surface area contributed by atoms with Crippen LogP contribution in [0.1, 0.15) is 23.5 Å². The van der Waals surface area contributed by atoms with Gasteiger partial charge in [0.05, 0.1) is 12.6 Å². The van der Waals surface area contributed by atoms with Crippen molar-refractivity contribution in [3.05, 3.63) is 59.8 Å². The van der Waals surface area contributed by atoms with Crippen LogP contribution in [0.2, 0.25) is 0 Å². The van der Waals surface area contributed by atoms with Gasteiger partial charge in [-0.3, -0.25) is 0 Å². The first-order valence-electron chi connectivity index (χ1n) is 8.08. The van der Waals surface area contributed by atoms with Crippen LogP contribution in [0.5, 0.6) is 5.88 Å². The number of nitrogens with zero attached hydrogens (tertiary/aromatic N) is 2. The van der Waals surface area contributed by atoms with Gasteiger partial charge in [-0.2, -0.15) is 0 Å². The fourth-order valence-electron chi connectivity index (χ4n) is 2.91. The highest BCUT2D eigenvalue weighted by Gasteiger charge is 2.31. The van der Waals surface area contributed by atoms with Crippen LogP contribution < -0.4 is 4.74 Å². The van der Waals surface area contributed by atoms with Gasteiger partial charge in [-0.05, 0) is 17.5 Å². The second-order valence-corrected chi connectivity index (χ2v) is 5.91. The van der Waals surface area contributed by atoms with E-state index in [0.29, 0.717) is 25.5 Å². The SMILES string of the molecule is O=C(O)ON1CCC(c2ccc(OCc3ccccc3)nc2)C(O)C1. The second-order valence-electron chi connectivity index (χ2n) is 5.91. The average molecular weight is 344 g/mol. The number of β-amino-alcohol motifs (C(OH)–C–C–N with tert-alkyl or cyclic N) is 1. The van der Waals surface area contributed by atoms with Crippen LogP contribution in [-0.2, 0) is 11.4 Å². The molecule has 0 saturated carbocycles. The molecule has 1 aromatic heterocycles. The molecule has 2 N–H and O–H groups in total. The summed E-state index contributed by atoms with van der Waals surface area (Å²) in [5.74, 6) is 0.415. The number of aromatic nitrogens is 1. The van der Waals surface area contributed by atoms with E-state index >= 15 is 0 Å². The summed E-state index contributed by atoms with van der Waals surface area (Å²) in [6, 6.07) is 13.5. The molecule has 1 aliphatic heterocycles. The number of carboxylic acid groups (broad SMARTS) is 1. The Morgan fingerprint density at radius 1 is 1.24 bits per heavy atom. The Labute approximate surface area is 145 Å². The van der Waals surface area contributed by atoms with E-state index in [-0.39, 0.29) is 12.5 Å². The van der Waals surface area contributed by atoms with Crippen LogP contribution in [0, 0.1) is 0 Å². The Kier molecular flexibility index (Phi) is 5.47. The molecule has 3 rings (SSSR count). The van der Waals surface area contributed by atoms with Crippen LogP contribution in [0.25, 0.3) is 0 Å². The minimum absolute atomic E-state index is 0.107. The van der Waals surface area contributed by atoms with Crippen molar-refractivity contribution >= 4 is 6.16 Å². The van der Waals surface area contributed by atoms with Crippen molar-refractivity contribution < 1.29 is 24.6 Å². The summed E-state index contributed by atoms with van der Waals surface area (Å²) in [5.41, 5.74) is 1.96. The normalized spacial score (nSPS) is 20.8. The number of carbonyl (C=O) groups is 1. The molecular formula is C18H20N2O5. The van der Waals surface area contributed by atoms with Crippen molar-refractivity contribution in [2.75, 3.05) is 13.1 Å². The third-order valence-corrected chi connectivity index (χ3v) is 4.17. The van der Waals surface area contributed by atoms with Gasteiger partial charge in [0.1, 0.15) is 6.61 Å². The molecule has 0 bridgehead atoms. The molecule has 0 aliphatic carbocycles. The van der Waals surface area contributed by atoms with E-state index in [0.717, 1.165) is 11.1 Å². The summed E-state index contributed by atoms with van der Waals surface area (Å²) in [5, 5.41) is 20.1. The first-order valence-corrected chi connectivity index (χ1v) is 8.08. The van der Waals surface area contributed by atoms with Gasteiger partial charge in [-0.1, -0.05) is 36.4 Å². The van der Waals surface area contributed by atoms with Gasteiger partial charge in [0.25, 0.3) is 0 Å². The Bertz CT molecular complexity index is 692. The van der Waals surface area contributed by atoms with E-state index < -0.39 is 12.3 Å². The zero-order chi connectivity index (χ0) is 17.6. The first-order chi connectivity index (χ1) is 12.1. The number of benzene rings is 1. The highest BCUT2D eigenvalue weighted by atomic mass is 16.8. The number of aliphatic hydroxyl groups excluding tert-OH is 1. The molecule has 0 amide bonds. The lowest BCUT2D eigenvalue weighted by atomic mass is 9.89. The summed E-state index contributed by atoms with van der Waals surface area (Å²) in [6.07, 6.45) is 0.195. The quantitative estimate of drug-likeness (QED) is 0.860. The molecule has 2 heterocycles. The zero-order valence-electron chi connectivity index (χ0n) is 13.6. The minimum Gasteiger partial charge on any atom is -0.473 e. The van der Waals surface area contributed by atoms with Gasteiger partial charge in [0.15, 0.2) is 0 Å². The van der Waals surface area contributed by atoms with Crippen LogP contribution in [-0.4, -0.2) is 45.6 Å². The maximum Gasteiger partial charge on any atom is 0.525 e. The highest BCUT2D eigenvalue weighted by molar-refractivity contribution is 5.56. The molecule has 1 aliphatic rings. The van der Waals surface area contributed by atoms with Crippen LogP contribution >= 0.6 is 0 Å². The number of aliphatic hydroxyl groups is 1. The molecular weight excluding hydrogens is 324 g/mol. The molecule has 25 heavy (non-hydrogen) atoms. The predicted octanol–water partition coefficient (Wildman–Crippen LogP) is 2.42. The van der Waals surface area contributed by atoms with Crippen LogP contribution in [0.15, 0.2) is 48.7 Å². The van der Waals surface area contributed by atoms with Crippen molar-refractivity contribution in [2.45, 2.75) is 25.0 Å². The highest BCUT2D eigenvalue weighted by Crippen LogP contribution is 2.29. The number of pyridine rings is 1. The van der Waals surface area contributed by atoms with Crippen molar-refractivity contribution in [1.82, 2.24) is 10.0 Å². The molecule has 7 heteroatoms. The number of hydrogen-bond donors (Lipinski definition) is 2. The summed E-state index contributed by atoms with van der Waals surface area (Å²) in [4.78, 5) is 19.4. The average Bonchev–Trinajstić information content (AvgIpc) is 2.61. The molecule has 1 saturated heterocycles. The fourth-order valence-corrected chi connectivity index (χ4v) is 2.91. The molecule has 2 atom stereocenters. The molecule has 1 fully saturated rings. The van der Waals surface area contributed by atoms with E-state index in [1.54, 1.807) is 12.3 Å². The van der Waals surface area contributed by atoms with Crippen LogP contribution in [0.4, 0.5) is 4.79 Å².